The Morgan fingerprint density at radius 1 is 1.47 bits per heavy atom. The fraction of sp³-hybridized carbons (Fsp3) is 0.333. The van der Waals surface area contributed by atoms with Crippen LogP contribution in [0.4, 0.5) is 5.82 Å². The van der Waals surface area contributed by atoms with E-state index in [2.05, 4.69) is 20.6 Å². The molecule has 0 radical (unpaired) electrons. The SMILES string of the molecule is CC(=O)NCCNc1nccnc1C#N. The third-order valence-electron chi connectivity index (χ3n) is 1.60. The summed E-state index contributed by atoms with van der Waals surface area (Å²) in [5, 5.41) is 14.2. The van der Waals surface area contributed by atoms with Crippen LogP contribution in [0.3, 0.4) is 0 Å². The summed E-state index contributed by atoms with van der Waals surface area (Å²) in [5.74, 6) is 0.349. The molecule has 0 spiro atoms. The van der Waals surface area contributed by atoms with Gasteiger partial charge in [-0.05, 0) is 0 Å². The fourth-order valence-electron chi connectivity index (χ4n) is 0.969. The molecule has 6 heteroatoms. The fourth-order valence-corrected chi connectivity index (χ4v) is 0.969. The average molecular weight is 205 g/mol. The van der Waals surface area contributed by atoms with Gasteiger partial charge in [-0.1, -0.05) is 0 Å². The number of aromatic nitrogens is 2. The topological polar surface area (TPSA) is 90.7 Å². The number of rotatable bonds is 4. The predicted octanol–water partition coefficient (Wildman–Crippen LogP) is -0.104. The van der Waals surface area contributed by atoms with E-state index in [9.17, 15) is 4.79 Å². The molecule has 6 nitrogen and oxygen atoms in total. The Hall–Kier alpha value is -2.16. The highest BCUT2D eigenvalue weighted by Gasteiger charge is 2.01. The third-order valence-corrected chi connectivity index (χ3v) is 1.60. The molecule has 0 saturated heterocycles. The van der Waals surface area contributed by atoms with Crippen LogP contribution in [-0.4, -0.2) is 29.0 Å². The Kier molecular flexibility index (Phi) is 4.04. The molecule has 1 amide bonds. The monoisotopic (exact) mass is 205 g/mol. The lowest BCUT2D eigenvalue weighted by atomic mass is 10.4. The maximum absolute atomic E-state index is 10.6. The van der Waals surface area contributed by atoms with E-state index < -0.39 is 0 Å². The van der Waals surface area contributed by atoms with Crippen molar-refractivity contribution in [2.75, 3.05) is 18.4 Å². The van der Waals surface area contributed by atoms with E-state index in [0.717, 1.165) is 0 Å². The highest BCUT2D eigenvalue weighted by atomic mass is 16.1. The predicted molar refractivity (Wildman–Crippen MR) is 53.9 cm³/mol. The van der Waals surface area contributed by atoms with E-state index >= 15 is 0 Å². The van der Waals surface area contributed by atoms with Gasteiger partial charge in [0.1, 0.15) is 6.07 Å². The van der Waals surface area contributed by atoms with Crippen LogP contribution in [0.2, 0.25) is 0 Å². The average Bonchev–Trinajstić information content (AvgIpc) is 2.24. The van der Waals surface area contributed by atoms with Crippen molar-refractivity contribution in [3.63, 3.8) is 0 Å². The first-order valence-corrected chi connectivity index (χ1v) is 4.43. The van der Waals surface area contributed by atoms with Gasteiger partial charge < -0.3 is 10.6 Å². The number of nitrogens with one attached hydrogen (secondary N) is 2. The van der Waals surface area contributed by atoms with Crippen molar-refractivity contribution in [3.05, 3.63) is 18.1 Å². The number of hydrogen-bond donors (Lipinski definition) is 2. The van der Waals surface area contributed by atoms with Crippen molar-refractivity contribution in [2.24, 2.45) is 0 Å². The van der Waals surface area contributed by atoms with Gasteiger partial charge >= 0.3 is 0 Å². The minimum absolute atomic E-state index is 0.0866. The Bertz CT molecular complexity index is 384. The zero-order chi connectivity index (χ0) is 11.1. The van der Waals surface area contributed by atoms with Gasteiger partial charge in [-0.2, -0.15) is 5.26 Å². The maximum atomic E-state index is 10.6. The summed E-state index contributed by atoms with van der Waals surface area (Å²) in [6.45, 7) is 2.44. The molecule has 0 atom stereocenters. The van der Waals surface area contributed by atoms with Gasteiger partial charge in [-0.3, -0.25) is 4.79 Å². The molecule has 1 heterocycles. The van der Waals surface area contributed by atoms with Crippen molar-refractivity contribution in [3.8, 4) is 6.07 Å². The van der Waals surface area contributed by atoms with Crippen LogP contribution < -0.4 is 10.6 Å². The van der Waals surface area contributed by atoms with E-state index in [1.807, 2.05) is 6.07 Å². The van der Waals surface area contributed by atoms with Gasteiger partial charge in [-0.15, -0.1) is 0 Å². The summed E-state index contributed by atoms with van der Waals surface area (Å²) in [5.41, 5.74) is 0.250. The Morgan fingerprint density at radius 3 is 2.87 bits per heavy atom. The summed E-state index contributed by atoms with van der Waals surface area (Å²) in [4.78, 5) is 18.4. The molecule has 1 rings (SSSR count). The summed E-state index contributed by atoms with van der Waals surface area (Å²) >= 11 is 0. The molecular weight excluding hydrogens is 194 g/mol. The molecule has 1 aromatic rings. The smallest absolute Gasteiger partial charge is 0.216 e. The summed E-state index contributed by atoms with van der Waals surface area (Å²) in [6, 6.07) is 1.92. The molecule has 0 aromatic carbocycles. The minimum atomic E-state index is -0.0866. The Labute approximate surface area is 87.3 Å². The zero-order valence-electron chi connectivity index (χ0n) is 8.32. The van der Waals surface area contributed by atoms with Crippen LogP contribution in [0.5, 0.6) is 0 Å². The second-order valence-electron chi connectivity index (χ2n) is 2.78. The summed E-state index contributed by atoms with van der Waals surface area (Å²) in [6.07, 6.45) is 2.96. The molecule has 1 aromatic heterocycles. The van der Waals surface area contributed by atoms with Crippen molar-refractivity contribution in [1.82, 2.24) is 15.3 Å². The zero-order valence-corrected chi connectivity index (χ0v) is 8.32. The van der Waals surface area contributed by atoms with E-state index in [1.54, 1.807) is 0 Å². The third kappa shape index (κ3) is 3.60. The first-order chi connectivity index (χ1) is 7.24. The molecule has 2 N–H and O–H groups in total. The van der Waals surface area contributed by atoms with E-state index in [1.165, 1.54) is 19.3 Å². The quantitative estimate of drug-likeness (QED) is 0.669. The van der Waals surface area contributed by atoms with Crippen LogP contribution >= 0.6 is 0 Å². The molecule has 0 unspecified atom stereocenters. The van der Waals surface area contributed by atoms with Crippen molar-refractivity contribution in [1.29, 1.82) is 5.26 Å². The molecule has 78 valence electrons. The number of carbonyl (C=O) groups excluding carboxylic acids is 1. The Morgan fingerprint density at radius 2 is 2.20 bits per heavy atom. The molecule has 0 aliphatic rings. The minimum Gasteiger partial charge on any atom is -0.366 e. The maximum Gasteiger partial charge on any atom is 0.216 e. The van der Waals surface area contributed by atoms with E-state index in [4.69, 9.17) is 5.26 Å². The molecule has 0 saturated carbocycles. The lowest BCUT2D eigenvalue weighted by molar-refractivity contribution is -0.118. The van der Waals surface area contributed by atoms with Crippen LogP contribution in [0.15, 0.2) is 12.4 Å². The molecule has 15 heavy (non-hydrogen) atoms. The first kappa shape index (κ1) is 10.9. The van der Waals surface area contributed by atoms with E-state index in [-0.39, 0.29) is 11.6 Å². The normalized spacial score (nSPS) is 9.07. The van der Waals surface area contributed by atoms with Crippen molar-refractivity contribution in [2.45, 2.75) is 6.92 Å². The standard InChI is InChI=1S/C9H11N5O/c1-7(15)11-2-4-13-9-8(6-10)12-3-5-14-9/h3,5H,2,4H2,1H3,(H,11,15)(H,13,14). The van der Waals surface area contributed by atoms with Crippen LogP contribution in [0, 0.1) is 11.3 Å². The number of nitrogens with zero attached hydrogens (tertiary/aromatic N) is 3. The molecule has 0 fully saturated rings. The lowest BCUT2D eigenvalue weighted by Gasteiger charge is -2.05. The molecule has 0 bridgehead atoms. The van der Waals surface area contributed by atoms with Gasteiger partial charge in [0.15, 0.2) is 11.5 Å². The number of hydrogen-bond acceptors (Lipinski definition) is 5. The number of anilines is 1. The highest BCUT2D eigenvalue weighted by Crippen LogP contribution is 2.04. The number of nitriles is 1. The summed E-state index contributed by atoms with van der Waals surface area (Å²) < 4.78 is 0. The Balaban J connectivity index is 2.44. The van der Waals surface area contributed by atoms with Gasteiger partial charge in [0.2, 0.25) is 5.91 Å². The number of carbonyl (C=O) groups is 1. The van der Waals surface area contributed by atoms with Crippen LogP contribution in [0.1, 0.15) is 12.6 Å². The second kappa shape index (κ2) is 5.54. The van der Waals surface area contributed by atoms with Crippen LogP contribution in [0.25, 0.3) is 0 Å². The second-order valence-corrected chi connectivity index (χ2v) is 2.78. The van der Waals surface area contributed by atoms with Crippen LogP contribution in [-0.2, 0) is 4.79 Å². The van der Waals surface area contributed by atoms with Crippen molar-refractivity contribution < 1.29 is 4.79 Å². The first-order valence-electron chi connectivity index (χ1n) is 4.43. The lowest BCUT2D eigenvalue weighted by Crippen LogP contribution is -2.26. The molecular formula is C9H11N5O. The van der Waals surface area contributed by atoms with Gasteiger partial charge in [0.25, 0.3) is 0 Å². The van der Waals surface area contributed by atoms with E-state index in [0.29, 0.717) is 18.9 Å². The van der Waals surface area contributed by atoms with Gasteiger partial charge in [0, 0.05) is 32.4 Å². The van der Waals surface area contributed by atoms with Crippen molar-refractivity contribution >= 4 is 11.7 Å². The largest absolute Gasteiger partial charge is 0.366 e. The molecule has 0 aliphatic heterocycles. The highest BCUT2D eigenvalue weighted by molar-refractivity contribution is 5.72. The summed E-state index contributed by atoms with van der Waals surface area (Å²) in [7, 11) is 0. The van der Waals surface area contributed by atoms with Gasteiger partial charge in [-0.25, -0.2) is 9.97 Å². The van der Waals surface area contributed by atoms with Gasteiger partial charge in [0.05, 0.1) is 0 Å². The number of amides is 1. The molecule has 0 aliphatic carbocycles.